The van der Waals surface area contributed by atoms with Gasteiger partial charge in [-0.1, -0.05) is 13.3 Å². The molecule has 2 fully saturated rings. The number of carbonyl (C=O) groups excluding carboxylic acids is 2. The Balaban J connectivity index is 1.92. The van der Waals surface area contributed by atoms with E-state index >= 15 is 0 Å². The molecule has 6 heteroatoms. The van der Waals surface area contributed by atoms with Gasteiger partial charge in [0.15, 0.2) is 0 Å². The van der Waals surface area contributed by atoms with Gasteiger partial charge in [-0.3, -0.25) is 4.79 Å². The summed E-state index contributed by atoms with van der Waals surface area (Å²) in [6.07, 6.45) is 1.64. The number of piperazine rings is 1. The molecule has 2 saturated heterocycles. The summed E-state index contributed by atoms with van der Waals surface area (Å²) in [6, 6.07) is -0.286. The highest BCUT2D eigenvalue weighted by molar-refractivity contribution is 5.82. The number of nitrogens with two attached hydrogens (primary N) is 1. The Morgan fingerprint density at radius 1 is 1.59 bits per heavy atom. The van der Waals surface area contributed by atoms with E-state index in [0.29, 0.717) is 26.2 Å². The molecule has 6 nitrogen and oxygen atoms in total. The maximum atomic E-state index is 12.0. The highest BCUT2D eigenvalue weighted by Gasteiger charge is 2.37. The third-order valence-electron chi connectivity index (χ3n) is 3.46. The topological polar surface area (TPSA) is 78.7 Å². The third kappa shape index (κ3) is 2.36. The lowest BCUT2D eigenvalue weighted by atomic mass is 10.1. The van der Waals surface area contributed by atoms with Crippen LogP contribution in [0.25, 0.3) is 0 Å². The summed E-state index contributed by atoms with van der Waals surface area (Å²) in [5.74, 6) is 0.0193. The van der Waals surface area contributed by atoms with Gasteiger partial charge in [0.25, 0.3) is 0 Å². The number of fused-ring (bicyclic) bond motifs is 1. The van der Waals surface area contributed by atoms with Crippen LogP contribution < -0.4 is 11.1 Å². The van der Waals surface area contributed by atoms with E-state index in [1.165, 1.54) is 0 Å². The lowest BCUT2D eigenvalue weighted by molar-refractivity contribution is -0.134. The molecule has 0 aliphatic carbocycles. The number of nitrogens with one attached hydrogen (secondary N) is 1. The Morgan fingerprint density at radius 2 is 2.35 bits per heavy atom. The molecule has 2 heterocycles. The van der Waals surface area contributed by atoms with Crippen LogP contribution in [0.3, 0.4) is 0 Å². The monoisotopic (exact) mass is 240 g/mol. The van der Waals surface area contributed by atoms with Gasteiger partial charge in [0.2, 0.25) is 5.91 Å². The van der Waals surface area contributed by atoms with Crippen LogP contribution in [-0.4, -0.2) is 60.0 Å². The van der Waals surface area contributed by atoms with Gasteiger partial charge in [-0.2, -0.15) is 0 Å². The second kappa shape index (κ2) is 4.91. The minimum atomic E-state index is -0.392. The zero-order valence-electron chi connectivity index (χ0n) is 10.2. The van der Waals surface area contributed by atoms with Gasteiger partial charge < -0.3 is 20.9 Å². The van der Waals surface area contributed by atoms with E-state index in [1.807, 2.05) is 6.92 Å². The largest absolute Gasteiger partial charge is 0.337 e. The summed E-state index contributed by atoms with van der Waals surface area (Å²) in [5.41, 5.74) is 5.84. The Morgan fingerprint density at radius 3 is 3.06 bits per heavy atom. The molecule has 17 heavy (non-hydrogen) atoms. The zero-order chi connectivity index (χ0) is 12.4. The normalized spacial score (nSPS) is 25.5. The van der Waals surface area contributed by atoms with Crippen molar-refractivity contribution in [3.8, 4) is 0 Å². The first kappa shape index (κ1) is 12.2. The number of rotatable bonds is 3. The molecule has 2 aliphatic rings. The van der Waals surface area contributed by atoms with E-state index in [4.69, 9.17) is 5.73 Å². The predicted octanol–water partition coefficient (Wildman–Crippen LogP) is -0.650. The highest BCUT2D eigenvalue weighted by atomic mass is 16.2. The molecule has 3 N–H and O–H groups in total. The first-order valence-corrected chi connectivity index (χ1v) is 6.22. The lowest BCUT2D eigenvalue weighted by Crippen LogP contribution is -2.56. The second-order valence-corrected chi connectivity index (χ2v) is 4.71. The third-order valence-corrected chi connectivity index (χ3v) is 3.46. The first-order valence-electron chi connectivity index (χ1n) is 6.22. The summed E-state index contributed by atoms with van der Waals surface area (Å²) < 4.78 is 0. The number of nitrogens with zero attached hydrogens (tertiary/aromatic N) is 2. The second-order valence-electron chi connectivity index (χ2n) is 4.71. The molecule has 0 aromatic heterocycles. The average Bonchev–Trinajstić information content (AvgIpc) is 2.70. The van der Waals surface area contributed by atoms with Crippen molar-refractivity contribution >= 4 is 11.9 Å². The van der Waals surface area contributed by atoms with Gasteiger partial charge in [0.05, 0.1) is 12.1 Å². The van der Waals surface area contributed by atoms with E-state index in [9.17, 15) is 9.59 Å². The molecule has 1 unspecified atom stereocenters. The molecule has 2 rings (SSSR count). The van der Waals surface area contributed by atoms with Crippen molar-refractivity contribution in [1.29, 1.82) is 0 Å². The zero-order valence-corrected chi connectivity index (χ0v) is 10.2. The van der Waals surface area contributed by atoms with E-state index in [2.05, 4.69) is 5.32 Å². The number of carbonyl (C=O) groups is 2. The van der Waals surface area contributed by atoms with Crippen LogP contribution >= 0.6 is 0 Å². The summed E-state index contributed by atoms with van der Waals surface area (Å²) in [6.45, 7) is 4.46. The van der Waals surface area contributed by atoms with Crippen LogP contribution in [0.5, 0.6) is 0 Å². The van der Waals surface area contributed by atoms with Crippen molar-refractivity contribution in [2.75, 3.05) is 26.2 Å². The van der Waals surface area contributed by atoms with Crippen molar-refractivity contribution in [1.82, 2.24) is 15.1 Å². The molecule has 0 spiro atoms. The standard InChI is InChI=1S/C11H20N4O2/c1-2-3-9(12)10(16)14-4-5-15-8(7-14)6-13-11(15)17/h8-9H,2-7,12H2,1H3,(H,13,17)/t8?,9-/m1/s1. The Bertz CT molecular complexity index is 321. The van der Waals surface area contributed by atoms with Crippen molar-refractivity contribution in [2.24, 2.45) is 5.73 Å². The molecule has 0 bridgehead atoms. The van der Waals surface area contributed by atoms with E-state index in [1.54, 1.807) is 9.80 Å². The molecule has 0 aromatic carbocycles. The maximum absolute atomic E-state index is 12.0. The van der Waals surface area contributed by atoms with Gasteiger partial charge in [0.1, 0.15) is 0 Å². The van der Waals surface area contributed by atoms with Crippen LogP contribution in [-0.2, 0) is 4.79 Å². The fourth-order valence-electron chi connectivity index (χ4n) is 2.47. The minimum Gasteiger partial charge on any atom is -0.337 e. The van der Waals surface area contributed by atoms with Gasteiger partial charge in [-0.15, -0.1) is 0 Å². The lowest BCUT2D eigenvalue weighted by Gasteiger charge is -2.37. The molecule has 0 radical (unpaired) electrons. The molecule has 2 aliphatic heterocycles. The fourth-order valence-corrected chi connectivity index (χ4v) is 2.47. The van der Waals surface area contributed by atoms with Gasteiger partial charge in [-0.05, 0) is 6.42 Å². The van der Waals surface area contributed by atoms with E-state index < -0.39 is 6.04 Å². The molecule has 96 valence electrons. The SMILES string of the molecule is CCC[C@@H](N)C(=O)N1CCN2C(=O)NCC2C1. The van der Waals surface area contributed by atoms with Crippen molar-refractivity contribution < 1.29 is 9.59 Å². The minimum absolute atomic E-state index is 0.0139. The van der Waals surface area contributed by atoms with Crippen molar-refractivity contribution in [2.45, 2.75) is 31.8 Å². The molecular formula is C11H20N4O2. The van der Waals surface area contributed by atoms with Gasteiger partial charge in [-0.25, -0.2) is 4.79 Å². The van der Waals surface area contributed by atoms with E-state index in [0.717, 1.165) is 12.8 Å². The van der Waals surface area contributed by atoms with Crippen LogP contribution in [0.15, 0.2) is 0 Å². The smallest absolute Gasteiger partial charge is 0.317 e. The Kier molecular flexibility index (Phi) is 3.51. The molecule has 0 saturated carbocycles. The van der Waals surface area contributed by atoms with Crippen molar-refractivity contribution in [3.05, 3.63) is 0 Å². The molecular weight excluding hydrogens is 220 g/mol. The van der Waals surface area contributed by atoms with Crippen LogP contribution in [0.4, 0.5) is 4.79 Å². The first-order chi connectivity index (χ1) is 8.13. The van der Waals surface area contributed by atoms with Crippen LogP contribution in [0.2, 0.25) is 0 Å². The number of hydrogen-bond donors (Lipinski definition) is 2. The fraction of sp³-hybridized carbons (Fsp3) is 0.818. The average molecular weight is 240 g/mol. The highest BCUT2D eigenvalue weighted by Crippen LogP contribution is 2.15. The Labute approximate surface area is 101 Å². The summed E-state index contributed by atoms with van der Waals surface area (Å²) in [4.78, 5) is 27.0. The predicted molar refractivity (Wildman–Crippen MR) is 63.4 cm³/mol. The van der Waals surface area contributed by atoms with Crippen LogP contribution in [0, 0.1) is 0 Å². The number of amides is 3. The summed E-state index contributed by atoms with van der Waals surface area (Å²) in [7, 11) is 0. The Hall–Kier alpha value is -1.30. The number of urea groups is 1. The molecule has 0 aromatic rings. The van der Waals surface area contributed by atoms with Gasteiger partial charge >= 0.3 is 6.03 Å². The van der Waals surface area contributed by atoms with Gasteiger partial charge in [0, 0.05) is 26.2 Å². The molecule has 3 amide bonds. The quantitative estimate of drug-likeness (QED) is 0.688. The summed E-state index contributed by atoms with van der Waals surface area (Å²) in [5, 5.41) is 2.79. The summed E-state index contributed by atoms with van der Waals surface area (Å²) >= 11 is 0. The van der Waals surface area contributed by atoms with Crippen molar-refractivity contribution in [3.63, 3.8) is 0 Å². The van der Waals surface area contributed by atoms with E-state index in [-0.39, 0.29) is 18.0 Å². The maximum Gasteiger partial charge on any atom is 0.317 e. The van der Waals surface area contributed by atoms with Crippen LogP contribution in [0.1, 0.15) is 19.8 Å². The molecule has 2 atom stereocenters. The number of hydrogen-bond acceptors (Lipinski definition) is 3.